The molecule has 160 valence electrons. The first-order valence-electron chi connectivity index (χ1n) is 9.84. The van der Waals surface area contributed by atoms with Crippen LogP contribution in [-0.4, -0.2) is 59.0 Å². The molecule has 1 fully saturated rings. The number of rotatable bonds is 6. The highest BCUT2D eigenvalue weighted by atomic mass is 32.2. The van der Waals surface area contributed by atoms with E-state index in [1.807, 2.05) is 41.3 Å². The molecule has 10 heteroatoms. The lowest BCUT2D eigenvalue weighted by molar-refractivity contribution is -0.128. The molecule has 0 spiro atoms. The van der Waals surface area contributed by atoms with Gasteiger partial charge in [0.05, 0.1) is 5.75 Å². The van der Waals surface area contributed by atoms with Crippen molar-refractivity contribution in [1.29, 1.82) is 0 Å². The number of aromatic nitrogens is 2. The SMILES string of the molecule is O=C(Nc1ccccc1)Nc1nnc(SCC(=O)N2CCN(c3ccccc3)CC2)s1. The standard InChI is InChI=1S/C21H22N6O2S2/c28-18(27-13-11-26(12-14-27)17-9-5-2-6-10-17)15-30-21-25-24-20(31-21)23-19(29)22-16-7-3-1-4-8-16/h1-10H,11-15H2,(H2,22,23,24,29). The molecule has 0 aliphatic carbocycles. The molecule has 8 nitrogen and oxygen atoms in total. The van der Waals surface area contributed by atoms with Gasteiger partial charge in [-0.3, -0.25) is 10.1 Å². The minimum atomic E-state index is -0.383. The normalized spacial score (nSPS) is 13.7. The van der Waals surface area contributed by atoms with Gasteiger partial charge >= 0.3 is 6.03 Å². The smallest absolute Gasteiger partial charge is 0.325 e. The molecule has 0 atom stereocenters. The van der Waals surface area contributed by atoms with Gasteiger partial charge in [0.25, 0.3) is 0 Å². The molecule has 0 bridgehead atoms. The Morgan fingerprint density at radius 2 is 1.58 bits per heavy atom. The minimum Gasteiger partial charge on any atom is -0.368 e. The van der Waals surface area contributed by atoms with Gasteiger partial charge in [0.2, 0.25) is 11.0 Å². The van der Waals surface area contributed by atoms with Crippen LogP contribution in [0.3, 0.4) is 0 Å². The highest BCUT2D eigenvalue weighted by molar-refractivity contribution is 8.01. The number of carbonyl (C=O) groups is 2. The van der Waals surface area contributed by atoms with Crippen LogP contribution in [0.2, 0.25) is 0 Å². The maximum absolute atomic E-state index is 12.6. The van der Waals surface area contributed by atoms with Crippen LogP contribution < -0.4 is 15.5 Å². The second kappa shape index (κ2) is 10.3. The van der Waals surface area contributed by atoms with Gasteiger partial charge in [0.15, 0.2) is 4.34 Å². The van der Waals surface area contributed by atoms with Crippen molar-refractivity contribution in [2.45, 2.75) is 4.34 Å². The number of nitrogens with one attached hydrogen (secondary N) is 2. The molecule has 1 aliphatic rings. The van der Waals surface area contributed by atoms with Gasteiger partial charge in [-0.2, -0.15) is 0 Å². The number of thioether (sulfide) groups is 1. The topological polar surface area (TPSA) is 90.5 Å². The third-order valence-corrected chi connectivity index (χ3v) is 6.69. The fourth-order valence-electron chi connectivity index (χ4n) is 3.17. The van der Waals surface area contributed by atoms with E-state index in [0.717, 1.165) is 13.1 Å². The second-order valence-corrected chi connectivity index (χ2v) is 9.01. The van der Waals surface area contributed by atoms with Crippen molar-refractivity contribution in [2.75, 3.05) is 47.5 Å². The molecule has 2 N–H and O–H groups in total. The Balaban J connectivity index is 1.21. The molecule has 1 aromatic heterocycles. The summed E-state index contributed by atoms with van der Waals surface area (Å²) < 4.78 is 0.645. The molecule has 2 aromatic carbocycles. The number of para-hydroxylation sites is 2. The Morgan fingerprint density at radius 3 is 2.29 bits per heavy atom. The Hall–Kier alpha value is -3.11. The summed E-state index contributed by atoms with van der Waals surface area (Å²) in [7, 11) is 0. The number of anilines is 3. The molecule has 0 saturated carbocycles. The fraction of sp³-hybridized carbons (Fsp3) is 0.238. The Kier molecular flexibility index (Phi) is 7.00. The van der Waals surface area contributed by atoms with Crippen LogP contribution >= 0.6 is 23.1 Å². The number of benzene rings is 2. The van der Waals surface area contributed by atoms with E-state index in [2.05, 4.69) is 37.9 Å². The van der Waals surface area contributed by atoms with Gasteiger partial charge in [-0.1, -0.05) is 59.5 Å². The lowest BCUT2D eigenvalue weighted by atomic mass is 10.2. The summed E-state index contributed by atoms with van der Waals surface area (Å²) in [4.78, 5) is 28.8. The number of piperazine rings is 1. The van der Waals surface area contributed by atoms with Crippen molar-refractivity contribution in [3.8, 4) is 0 Å². The zero-order valence-corrected chi connectivity index (χ0v) is 18.4. The maximum atomic E-state index is 12.6. The molecule has 4 rings (SSSR count). The molecule has 0 radical (unpaired) electrons. The average Bonchev–Trinajstić information content (AvgIpc) is 3.26. The van der Waals surface area contributed by atoms with Gasteiger partial charge in [-0.25, -0.2) is 4.79 Å². The highest BCUT2D eigenvalue weighted by Gasteiger charge is 2.21. The van der Waals surface area contributed by atoms with Crippen LogP contribution in [0, 0.1) is 0 Å². The first kappa shape index (κ1) is 21.1. The number of amides is 3. The second-order valence-electron chi connectivity index (χ2n) is 6.81. The zero-order chi connectivity index (χ0) is 21.5. The molecule has 1 saturated heterocycles. The van der Waals surface area contributed by atoms with Crippen molar-refractivity contribution in [2.24, 2.45) is 0 Å². The van der Waals surface area contributed by atoms with Crippen molar-refractivity contribution >= 4 is 51.5 Å². The number of hydrogen-bond donors (Lipinski definition) is 2. The lowest BCUT2D eigenvalue weighted by Gasteiger charge is -2.36. The number of carbonyl (C=O) groups excluding carboxylic acids is 2. The Labute approximate surface area is 188 Å². The molecule has 31 heavy (non-hydrogen) atoms. The molecule has 3 amide bonds. The van der Waals surface area contributed by atoms with Crippen LogP contribution in [-0.2, 0) is 4.79 Å². The van der Waals surface area contributed by atoms with Crippen LogP contribution in [0.25, 0.3) is 0 Å². The quantitative estimate of drug-likeness (QED) is 0.437. The van der Waals surface area contributed by atoms with E-state index in [9.17, 15) is 9.59 Å². The van der Waals surface area contributed by atoms with E-state index >= 15 is 0 Å². The van der Waals surface area contributed by atoms with E-state index in [1.54, 1.807) is 12.1 Å². The predicted octanol–water partition coefficient (Wildman–Crippen LogP) is 3.62. The van der Waals surface area contributed by atoms with E-state index in [0.29, 0.717) is 34.0 Å². The summed E-state index contributed by atoms with van der Waals surface area (Å²) in [6.07, 6.45) is 0. The van der Waals surface area contributed by atoms with Crippen LogP contribution in [0.15, 0.2) is 65.0 Å². The summed E-state index contributed by atoms with van der Waals surface area (Å²) in [6, 6.07) is 19.0. The molecule has 0 unspecified atom stereocenters. The summed E-state index contributed by atoms with van der Waals surface area (Å²) in [6.45, 7) is 3.06. The van der Waals surface area contributed by atoms with E-state index in [1.165, 1.54) is 28.8 Å². The first-order valence-corrected chi connectivity index (χ1v) is 11.6. The summed E-state index contributed by atoms with van der Waals surface area (Å²) >= 11 is 2.59. The van der Waals surface area contributed by atoms with Gasteiger partial charge in [-0.15, -0.1) is 10.2 Å². The van der Waals surface area contributed by atoms with Crippen LogP contribution in [0.1, 0.15) is 0 Å². The number of hydrogen-bond acceptors (Lipinski definition) is 7. The number of urea groups is 1. The highest BCUT2D eigenvalue weighted by Crippen LogP contribution is 2.26. The Bertz CT molecular complexity index is 1010. The van der Waals surface area contributed by atoms with Crippen molar-refractivity contribution < 1.29 is 9.59 Å². The van der Waals surface area contributed by atoms with E-state index < -0.39 is 0 Å². The monoisotopic (exact) mass is 454 g/mol. The first-order chi connectivity index (χ1) is 15.2. The third-order valence-electron chi connectivity index (χ3n) is 4.73. The lowest BCUT2D eigenvalue weighted by Crippen LogP contribution is -2.49. The maximum Gasteiger partial charge on any atom is 0.325 e. The van der Waals surface area contributed by atoms with E-state index in [-0.39, 0.29) is 11.9 Å². The minimum absolute atomic E-state index is 0.0873. The van der Waals surface area contributed by atoms with Gasteiger partial charge in [0.1, 0.15) is 0 Å². The molecular formula is C21H22N6O2S2. The van der Waals surface area contributed by atoms with Gasteiger partial charge in [-0.05, 0) is 24.3 Å². The van der Waals surface area contributed by atoms with Crippen molar-refractivity contribution in [1.82, 2.24) is 15.1 Å². The van der Waals surface area contributed by atoms with E-state index in [4.69, 9.17) is 0 Å². The summed E-state index contributed by atoms with van der Waals surface area (Å²) in [5.74, 6) is 0.389. The Morgan fingerprint density at radius 1 is 0.903 bits per heavy atom. The van der Waals surface area contributed by atoms with Gasteiger partial charge < -0.3 is 15.1 Å². The molecule has 2 heterocycles. The predicted molar refractivity (Wildman–Crippen MR) is 125 cm³/mol. The van der Waals surface area contributed by atoms with Crippen LogP contribution in [0.4, 0.5) is 21.3 Å². The zero-order valence-electron chi connectivity index (χ0n) is 16.7. The van der Waals surface area contributed by atoms with Crippen molar-refractivity contribution in [3.05, 3.63) is 60.7 Å². The van der Waals surface area contributed by atoms with Crippen molar-refractivity contribution in [3.63, 3.8) is 0 Å². The average molecular weight is 455 g/mol. The summed E-state index contributed by atoms with van der Waals surface area (Å²) in [5, 5.41) is 13.8. The van der Waals surface area contributed by atoms with Crippen LogP contribution in [0.5, 0.6) is 0 Å². The summed E-state index contributed by atoms with van der Waals surface area (Å²) in [5.41, 5.74) is 1.88. The van der Waals surface area contributed by atoms with Gasteiger partial charge in [0, 0.05) is 37.6 Å². The molecule has 1 aliphatic heterocycles. The molecule has 3 aromatic rings. The largest absolute Gasteiger partial charge is 0.368 e. The number of nitrogens with zero attached hydrogens (tertiary/aromatic N) is 4. The fourth-order valence-corrected chi connectivity index (χ4v) is 4.82. The third kappa shape index (κ3) is 5.96. The molecular weight excluding hydrogens is 432 g/mol.